The highest BCUT2D eigenvalue weighted by Crippen LogP contribution is 2.40. The minimum absolute atomic E-state index is 0.0896. The first kappa shape index (κ1) is 13.6. The number of rotatable bonds is 4. The quantitative estimate of drug-likeness (QED) is 0.821. The Bertz CT molecular complexity index is 634. The van der Waals surface area contributed by atoms with E-state index in [9.17, 15) is 4.79 Å². The fraction of sp³-hybridized carbons (Fsp3) is 0.333. The zero-order valence-corrected chi connectivity index (χ0v) is 13.4. The van der Waals surface area contributed by atoms with Gasteiger partial charge in [0.15, 0.2) is 0 Å². The van der Waals surface area contributed by atoms with E-state index in [1.807, 2.05) is 35.0 Å². The van der Waals surface area contributed by atoms with Crippen LogP contribution < -0.4 is 5.32 Å². The van der Waals surface area contributed by atoms with Gasteiger partial charge in [-0.3, -0.25) is 4.79 Å². The van der Waals surface area contributed by atoms with Crippen LogP contribution in [0.3, 0.4) is 0 Å². The third-order valence-electron chi connectivity index (χ3n) is 3.69. The third-order valence-corrected chi connectivity index (χ3v) is 4.36. The summed E-state index contributed by atoms with van der Waals surface area (Å²) in [6.07, 6.45) is 4.25. The van der Waals surface area contributed by atoms with Gasteiger partial charge in [-0.25, -0.2) is 4.68 Å². The Balaban J connectivity index is 1.78. The number of nitrogens with one attached hydrogen (secondary N) is 1. The molecular weight excluding hydrogens is 365 g/mol. The Labute approximate surface area is 131 Å². The van der Waals surface area contributed by atoms with Gasteiger partial charge in [-0.05, 0) is 66.5 Å². The van der Waals surface area contributed by atoms with Crippen molar-refractivity contribution in [2.24, 2.45) is 5.92 Å². The molecule has 0 spiro atoms. The number of halogens is 1. The van der Waals surface area contributed by atoms with Crippen LogP contribution in [-0.2, 0) is 0 Å². The number of anilines is 1. The summed E-state index contributed by atoms with van der Waals surface area (Å²) in [5, 5.41) is 7.30. The maximum atomic E-state index is 12.3. The smallest absolute Gasteiger partial charge is 0.256 e. The SMILES string of the molecule is CC(C1CC1)n1nccc1NC(=O)c1cccc(I)c1. The Kier molecular flexibility index (Phi) is 3.78. The maximum absolute atomic E-state index is 12.3. The van der Waals surface area contributed by atoms with Crippen LogP contribution in [0.15, 0.2) is 36.5 Å². The standard InChI is InChI=1S/C15H16IN3O/c1-10(11-5-6-11)19-14(7-8-17-19)18-15(20)12-3-2-4-13(16)9-12/h2-4,7-11H,5-6H2,1H3,(H,18,20). The van der Waals surface area contributed by atoms with E-state index in [4.69, 9.17) is 0 Å². The number of hydrogen-bond acceptors (Lipinski definition) is 2. The van der Waals surface area contributed by atoms with E-state index < -0.39 is 0 Å². The number of benzene rings is 1. The summed E-state index contributed by atoms with van der Waals surface area (Å²) >= 11 is 2.21. The molecule has 1 saturated carbocycles. The number of hydrogen-bond donors (Lipinski definition) is 1. The van der Waals surface area contributed by atoms with Crippen LogP contribution in [0.1, 0.15) is 36.2 Å². The van der Waals surface area contributed by atoms with Crippen molar-refractivity contribution in [1.29, 1.82) is 0 Å². The summed E-state index contributed by atoms with van der Waals surface area (Å²) in [7, 11) is 0. The zero-order valence-electron chi connectivity index (χ0n) is 11.2. The molecule has 2 aromatic rings. The molecule has 0 radical (unpaired) electrons. The van der Waals surface area contributed by atoms with Crippen molar-refractivity contribution < 1.29 is 4.79 Å². The van der Waals surface area contributed by atoms with E-state index >= 15 is 0 Å². The van der Waals surface area contributed by atoms with Crippen molar-refractivity contribution in [3.8, 4) is 0 Å². The van der Waals surface area contributed by atoms with Crippen LogP contribution in [0, 0.1) is 9.49 Å². The largest absolute Gasteiger partial charge is 0.307 e. The van der Waals surface area contributed by atoms with E-state index in [0.29, 0.717) is 17.5 Å². The van der Waals surface area contributed by atoms with Crippen LogP contribution in [-0.4, -0.2) is 15.7 Å². The van der Waals surface area contributed by atoms with Gasteiger partial charge < -0.3 is 5.32 Å². The molecule has 20 heavy (non-hydrogen) atoms. The van der Waals surface area contributed by atoms with E-state index in [1.54, 1.807) is 6.20 Å². The molecule has 1 fully saturated rings. The lowest BCUT2D eigenvalue weighted by Gasteiger charge is -2.15. The van der Waals surface area contributed by atoms with Crippen molar-refractivity contribution in [3.05, 3.63) is 45.7 Å². The molecule has 0 saturated heterocycles. The highest BCUT2D eigenvalue weighted by Gasteiger charge is 2.30. The molecule has 1 heterocycles. The first-order valence-electron chi connectivity index (χ1n) is 6.75. The number of nitrogens with zero attached hydrogens (tertiary/aromatic N) is 2. The maximum Gasteiger partial charge on any atom is 0.256 e. The summed E-state index contributed by atoms with van der Waals surface area (Å²) in [5.74, 6) is 1.38. The first-order valence-corrected chi connectivity index (χ1v) is 7.83. The Morgan fingerprint density at radius 2 is 2.25 bits per heavy atom. The predicted octanol–water partition coefficient (Wildman–Crippen LogP) is 3.71. The van der Waals surface area contributed by atoms with Gasteiger partial charge in [0.1, 0.15) is 5.82 Å². The number of aromatic nitrogens is 2. The van der Waals surface area contributed by atoms with Crippen molar-refractivity contribution >= 4 is 34.3 Å². The van der Waals surface area contributed by atoms with Gasteiger partial charge in [0.25, 0.3) is 5.91 Å². The summed E-state index contributed by atoms with van der Waals surface area (Å²) < 4.78 is 2.97. The minimum atomic E-state index is -0.0896. The molecule has 1 unspecified atom stereocenters. The lowest BCUT2D eigenvalue weighted by molar-refractivity contribution is 0.102. The summed E-state index contributed by atoms with van der Waals surface area (Å²) in [5.41, 5.74) is 0.670. The van der Waals surface area contributed by atoms with Gasteiger partial charge in [0.05, 0.1) is 12.2 Å². The van der Waals surface area contributed by atoms with E-state index in [-0.39, 0.29) is 5.91 Å². The van der Waals surface area contributed by atoms with E-state index in [2.05, 4.69) is 39.9 Å². The zero-order chi connectivity index (χ0) is 14.1. The summed E-state index contributed by atoms with van der Waals surface area (Å²) in [6, 6.07) is 9.75. The van der Waals surface area contributed by atoms with E-state index in [0.717, 1.165) is 9.39 Å². The van der Waals surface area contributed by atoms with Crippen LogP contribution in [0.25, 0.3) is 0 Å². The van der Waals surface area contributed by atoms with Crippen molar-refractivity contribution in [2.45, 2.75) is 25.8 Å². The molecule has 1 atom stereocenters. The second kappa shape index (κ2) is 5.55. The molecule has 1 aromatic heterocycles. The number of carbonyl (C=O) groups is 1. The average Bonchev–Trinajstić information content (AvgIpc) is 3.18. The van der Waals surface area contributed by atoms with E-state index in [1.165, 1.54) is 12.8 Å². The van der Waals surface area contributed by atoms with Crippen molar-refractivity contribution in [2.75, 3.05) is 5.32 Å². The van der Waals surface area contributed by atoms with Crippen LogP contribution in [0.2, 0.25) is 0 Å². The van der Waals surface area contributed by atoms with Gasteiger partial charge in [-0.2, -0.15) is 5.10 Å². The lowest BCUT2D eigenvalue weighted by atomic mass is 10.2. The topological polar surface area (TPSA) is 46.9 Å². The fourth-order valence-electron chi connectivity index (χ4n) is 2.33. The van der Waals surface area contributed by atoms with Gasteiger partial charge in [-0.15, -0.1) is 0 Å². The lowest BCUT2D eigenvalue weighted by Crippen LogP contribution is -2.18. The molecule has 0 bridgehead atoms. The Hall–Kier alpha value is -1.37. The molecule has 1 aliphatic rings. The van der Waals surface area contributed by atoms with Gasteiger partial charge in [0.2, 0.25) is 0 Å². The number of carbonyl (C=O) groups excluding carboxylic acids is 1. The molecule has 0 aliphatic heterocycles. The minimum Gasteiger partial charge on any atom is -0.307 e. The average molecular weight is 381 g/mol. The summed E-state index contributed by atoms with van der Waals surface area (Å²) in [4.78, 5) is 12.3. The van der Waals surface area contributed by atoms with Crippen LogP contribution in [0.4, 0.5) is 5.82 Å². The van der Waals surface area contributed by atoms with Gasteiger partial charge in [-0.1, -0.05) is 6.07 Å². The second-order valence-corrected chi connectivity index (χ2v) is 6.45. The van der Waals surface area contributed by atoms with Gasteiger partial charge in [0, 0.05) is 15.2 Å². The monoisotopic (exact) mass is 381 g/mol. The van der Waals surface area contributed by atoms with Crippen LogP contribution >= 0.6 is 22.6 Å². The van der Waals surface area contributed by atoms with Crippen LogP contribution in [0.5, 0.6) is 0 Å². The molecule has 3 rings (SSSR count). The molecule has 1 amide bonds. The fourth-order valence-corrected chi connectivity index (χ4v) is 2.88. The van der Waals surface area contributed by atoms with Crippen molar-refractivity contribution in [1.82, 2.24) is 9.78 Å². The molecular formula is C15H16IN3O. The Morgan fingerprint density at radius 1 is 1.45 bits per heavy atom. The normalized spacial score (nSPS) is 15.9. The molecule has 1 aliphatic carbocycles. The predicted molar refractivity (Wildman–Crippen MR) is 86.8 cm³/mol. The summed E-state index contributed by atoms with van der Waals surface area (Å²) in [6.45, 7) is 2.16. The molecule has 5 heteroatoms. The second-order valence-electron chi connectivity index (χ2n) is 5.20. The molecule has 1 N–H and O–H groups in total. The van der Waals surface area contributed by atoms with Gasteiger partial charge >= 0.3 is 0 Å². The molecule has 4 nitrogen and oxygen atoms in total. The molecule has 104 valence electrons. The Morgan fingerprint density at radius 3 is 2.95 bits per heavy atom. The highest BCUT2D eigenvalue weighted by molar-refractivity contribution is 14.1. The highest BCUT2D eigenvalue weighted by atomic mass is 127. The molecule has 1 aromatic carbocycles. The number of amides is 1. The third kappa shape index (κ3) is 2.87. The first-order chi connectivity index (χ1) is 9.65. The van der Waals surface area contributed by atoms with Crippen molar-refractivity contribution in [3.63, 3.8) is 0 Å².